The van der Waals surface area contributed by atoms with E-state index < -0.39 is 5.79 Å². The number of rotatable bonds is 5. The standard InChI is InChI=1S/C24H39NO3/c1-8-23(9-2)17-26-24(27-18-23)15-21(4,5)25(22(6,7)16-24)28-19(3)20-13-11-10-12-14-20/h10-14,19H,8-9,15-18H2,1-7H3. The lowest BCUT2D eigenvalue weighted by Gasteiger charge is -2.60. The van der Waals surface area contributed by atoms with Crippen molar-refractivity contribution in [2.24, 2.45) is 5.41 Å². The van der Waals surface area contributed by atoms with Crippen LogP contribution in [0.25, 0.3) is 0 Å². The highest BCUT2D eigenvalue weighted by Gasteiger charge is 2.57. The molecule has 4 heteroatoms. The number of benzene rings is 1. The number of hydrogen-bond acceptors (Lipinski definition) is 4. The molecule has 0 amide bonds. The molecule has 2 heterocycles. The Balaban J connectivity index is 1.77. The topological polar surface area (TPSA) is 30.9 Å². The third kappa shape index (κ3) is 4.16. The van der Waals surface area contributed by atoms with Crippen LogP contribution in [0.15, 0.2) is 30.3 Å². The molecule has 2 fully saturated rings. The van der Waals surface area contributed by atoms with Crippen LogP contribution in [0.5, 0.6) is 0 Å². The maximum atomic E-state index is 6.55. The molecule has 0 saturated carbocycles. The van der Waals surface area contributed by atoms with Crippen LogP contribution in [0.1, 0.15) is 85.8 Å². The molecule has 1 spiro atoms. The van der Waals surface area contributed by atoms with Gasteiger partial charge in [-0.15, -0.1) is 0 Å². The van der Waals surface area contributed by atoms with E-state index in [-0.39, 0.29) is 22.6 Å². The molecule has 1 aromatic rings. The second-order valence-electron chi connectivity index (χ2n) is 10.1. The summed E-state index contributed by atoms with van der Waals surface area (Å²) in [6.07, 6.45) is 3.78. The minimum Gasteiger partial charge on any atom is -0.349 e. The summed E-state index contributed by atoms with van der Waals surface area (Å²) >= 11 is 0. The van der Waals surface area contributed by atoms with Crippen LogP contribution >= 0.6 is 0 Å². The maximum absolute atomic E-state index is 6.55. The number of piperidine rings is 1. The Morgan fingerprint density at radius 1 is 0.929 bits per heavy atom. The first-order chi connectivity index (χ1) is 13.1. The van der Waals surface area contributed by atoms with Gasteiger partial charge in [0.15, 0.2) is 5.79 Å². The van der Waals surface area contributed by atoms with Crippen molar-refractivity contribution in [3.05, 3.63) is 35.9 Å². The molecule has 2 aliphatic heterocycles. The van der Waals surface area contributed by atoms with E-state index in [0.29, 0.717) is 0 Å². The van der Waals surface area contributed by atoms with E-state index in [1.165, 1.54) is 5.56 Å². The first-order valence-corrected chi connectivity index (χ1v) is 10.9. The largest absolute Gasteiger partial charge is 0.349 e. The van der Waals surface area contributed by atoms with Gasteiger partial charge in [0.2, 0.25) is 0 Å². The fourth-order valence-corrected chi connectivity index (χ4v) is 5.09. The van der Waals surface area contributed by atoms with Gasteiger partial charge in [0.05, 0.1) is 13.2 Å². The van der Waals surface area contributed by atoms with Crippen molar-refractivity contribution in [3.63, 3.8) is 0 Å². The zero-order chi connectivity index (χ0) is 20.6. The second kappa shape index (κ2) is 7.71. The summed E-state index contributed by atoms with van der Waals surface area (Å²) in [6.45, 7) is 17.1. The molecule has 4 nitrogen and oxygen atoms in total. The summed E-state index contributed by atoms with van der Waals surface area (Å²) in [4.78, 5) is 6.55. The lowest BCUT2D eigenvalue weighted by Crippen LogP contribution is -2.68. The van der Waals surface area contributed by atoms with Crippen molar-refractivity contribution in [2.45, 2.75) is 97.1 Å². The van der Waals surface area contributed by atoms with Crippen molar-refractivity contribution in [1.82, 2.24) is 5.06 Å². The smallest absolute Gasteiger partial charge is 0.171 e. The number of hydroxylamine groups is 2. The Hall–Kier alpha value is -0.940. The molecule has 158 valence electrons. The molecular formula is C24H39NO3. The van der Waals surface area contributed by atoms with Gasteiger partial charge in [-0.1, -0.05) is 44.2 Å². The van der Waals surface area contributed by atoms with Gasteiger partial charge in [-0.25, -0.2) is 0 Å². The fraction of sp³-hybridized carbons (Fsp3) is 0.750. The Morgan fingerprint density at radius 3 is 1.89 bits per heavy atom. The van der Waals surface area contributed by atoms with Gasteiger partial charge in [-0.2, -0.15) is 5.06 Å². The van der Waals surface area contributed by atoms with Gasteiger partial charge in [0.25, 0.3) is 0 Å². The van der Waals surface area contributed by atoms with Gasteiger partial charge in [0, 0.05) is 29.3 Å². The lowest BCUT2D eigenvalue weighted by atomic mass is 9.76. The zero-order valence-electron chi connectivity index (χ0n) is 18.9. The molecule has 3 rings (SSSR count). The normalized spacial score (nSPS) is 26.8. The molecule has 2 saturated heterocycles. The first-order valence-electron chi connectivity index (χ1n) is 10.9. The summed E-state index contributed by atoms with van der Waals surface area (Å²) < 4.78 is 13.0. The van der Waals surface area contributed by atoms with Crippen molar-refractivity contribution < 1.29 is 14.3 Å². The van der Waals surface area contributed by atoms with E-state index in [0.717, 1.165) is 38.9 Å². The number of hydrogen-bond donors (Lipinski definition) is 0. The lowest BCUT2D eigenvalue weighted by molar-refractivity contribution is -0.390. The highest BCUT2D eigenvalue weighted by Crippen LogP contribution is 2.50. The fourth-order valence-electron chi connectivity index (χ4n) is 5.09. The van der Waals surface area contributed by atoms with E-state index in [1.807, 2.05) is 6.07 Å². The van der Waals surface area contributed by atoms with Crippen molar-refractivity contribution in [3.8, 4) is 0 Å². The van der Waals surface area contributed by atoms with Gasteiger partial charge < -0.3 is 9.47 Å². The van der Waals surface area contributed by atoms with Crippen LogP contribution in [0, 0.1) is 5.41 Å². The molecule has 1 unspecified atom stereocenters. The van der Waals surface area contributed by atoms with E-state index in [2.05, 4.69) is 77.8 Å². The molecule has 0 aliphatic carbocycles. The summed E-state index contributed by atoms with van der Waals surface area (Å²) in [5, 5.41) is 2.19. The highest BCUT2D eigenvalue weighted by atomic mass is 16.7. The molecule has 2 aliphatic rings. The van der Waals surface area contributed by atoms with E-state index in [4.69, 9.17) is 14.3 Å². The molecule has 1 aromatic carbocycles. The Bertz CT molecular complexity index is 621. The molecule has 0 bridgehead atoms. The predicted octanol–water partition coefficient (Wildman–Crippen LogP) is 5.88. The third-order valence-electron chi connectivity index (χ3n) is 6.82. The molecule has 0 N–H and O–H groups in total. The van der Waals surface area contributed by atoms with Gasteiger partial charge >= 0.3 is 0 Å². The molecule has 0 aromatic heterocycles. The average Bonchev–Trinajstić information content (AvgIpc) is 2.66. The molecule has 1 atom stereocenters. The van der Waals surface area contributed by atoms with Crippen LogP contribution < -0.4 is 0 Å². The monoisotopic (exact) mass is 389 g/mol. The third-order valence-corrected chi connectivity index (χ3v) is 6.82. The first kappa shape index (κ1) is 21.8. The van der Waals surface area contributed by atoms with E-state index in [9.17, 15) is 0 Å². The Kier molecular flexibility index (Phi) is 6.00. The van der Waals surface area contributed by atoms with Crippen LogP contribution in [-0.2, 0) is 14.3 Å². The summed E-state index contributed by atoms with van der Waals surface area (Å²) in [5.41, 5.74) is 0.941. The summed E-state index contributed by atoms with van der Waals surface area (Å²) in [7, 11) is 0. The number of nitrogens with zero attached hydrogens (tertiary/aromatic N) is 1. The van der Waals surface area contributed by atoms with Crippen molar-refractivity contribution in [2.75, 3.05) is 13.2 Å². The maximum Gasteiger partial charge on any atom is 0.171 e. The van der Waals surface area contributed by atoms with E-state index in [1.54, 1.807) is 0 Å². The number of ether oxygens (including phenoxy) is 2. The Morgan fingerprint density at radius 2 is 1.43 bits per heavy atom. The van der Waals surface area contributed by atoms with Crippen LogP contribution in [0.2, 0.25) is 0 Å². The molecular weight excluding hydrogens is 350 g/mol. The summed E-state index contributed by atoms with van der Waals surface area (Å²) in [5.74, 6) is -0.517. The van der Waals surface area contributed by atoms with Crippen LogP contribution in [0.3, 0.4) is 0 Å². The van der Waals surface area contributed by atoms with Crippen molar-refractivity contribution in [1.29, 1.82) is 0 Å². The Labute approximate surface area is 171 Å². The quantitative estimate of drug-likeness (QED) is 0.629. The van der Waals surface area contributed by atoms with Gasteiger partial charge in [-0.3, -0.25) is 4.84 Å². The minimum atomic E-state index is -0.517. The second-order valence-corrected chi connectivity index (χ2v) is 10.1. The average molecular weight is 390 g/mol. The highest BCUT2D eigenvalue weighted by molar-refractivity contribution is 5.17. The van der Waals surface area contributed by atoms with Gasteiger partial charge in [-0.05, 0) is 53.0 Å². The summed E-state index contributed by atoms with van der Waals surface area (Å²) in [6, 6.07) is 10.4. The van der Waals surface area contributed by atoms with Crippen LogP contribution in [0.4, 0.5) is 0 Å². The predicted molar refractivity (Wildman–Crippen MR) is 113 cm³/mol. The van der Waals surface area contributed by atoms with Crippen molar-refractivity contribution >= 4 is 0 Å². The minimum absolute atomic E-state index is 0.00479. The van der Waals surface area contributed by atoms with Gasteiger partial charge in [0.1, 0.15) is 6.10 Å². The van der Waals surface area contributed by atoms with Crippen LogP contribution in [-0.4, -0.2) is 35.1 Å². The molecule has 0 radical (unpaired) electrons. The molecule has 28 heavy (non-hydrogen) atoms. The zero-order valence-corrected chi connectivity index (χ0v) is 18.9. The van der Waals surface area contributed by atoms with E-state index >= 15 is 0 Å². The SMILES string of the molecule is CCC1(CC)COC2(CC(C)(C)N(OC(C)c3ccccc3)C(C)(C)C2)OC1.